The molecule has 2 fully saturated rings. The monoisotopic (exact) mass is 585 g/mol. The van der Waals surface area contributed by atoms with Crippen LogP contribution in [-0.2, 0) is 16.9 Å². The molecule has 4 aromatic rings. The Morgan fingerprint density at radius 2 is 1.97 bits per heavy atom. The van der Waals surface area contributed by atoms with Gasteiger partial charge in [0.1, 0.15) is 27.6 Å². The average Bonchev–Trinajstić information content (AvgIpc) is 3.48. The lowest BCUT2D eigenvalue weighted by Crippen LogP contribution is -2.45. The zero-order valence-electron chi connectivity index (χ0n) is 21.4. The van der Waals surface area contributed by atoms with E-state index in [4.69, 9.17) is 32.5 Å². The van der Waals surface area contributed by atoms with Crippen molar-refractivity contribution < 1.29 is 18.8 Å². The maximum atomic E-state index is 14.5. The van der Waals surface area contributed by atoms with E-state index in [1.54, 1.807) is 24.3 Å². The van der Waals surface area contributed by atoms with Gasteiger partial charge in [0.25, 0.3) is 0 Å². The molecule has 1 N–H and O–H groups in total. The summed E-state index contributed by atoms with van der Waals surface area (Å²) in [5.41, 5.74) is 0.875. The van der Waals surface area contributed by atoms with Gasteiger partial charge in [0, 0.05) is 17.0 Å². The second kappa shape index (κ2) is 9.83. The van der Waals surface area contributed by atoms with E-state index in [0.717, 1.165) is 24.2 Å². The summed E-state index contributed by atoms with van der Waals surface area (Å²) in [6.07, 6.45) is 3.30. The summed E-state index contributed by atoms with van der Waals surface area (Å²) in [5, 5.41) is 26.7. The van der Waals surface area contributed by atoms with Crippen LogP contribution in [0.25, 0.3) is 21.5 Å². The van der Waals surface area contributed by atoms with Gasteiger partial charge in [-0.25, -0.2) is 9.37 Å². The second-order valence-corrected chi connectivity index (χ2v) is 13.1. The first kappa shape index (κ1) is 26.7. The molecule has 6 rings (SSSR count). The van der Waals surface area contributed by atoms with Gasteiger partial charge in [-0.2, -0.15) is 5.26 Å². The molecule has 2 saturated carbocycles. The molecule has 0 spiro atoms. The van der Waals surface area contributed by atoms with Crippen LogP contribution in [0.3, 0.4) is 0 Å². The fourth-order valence-electron chi connectivity index (χ4n) is 5.69. The Bertz CT molecular complexity index is 1600. The Hall–Kier alpha value is -2.54. The van der Waals surface area contributed by atoms with Gasteiger partial charge in [-0.15, -0.1) is 11.3 Å². The maximum absolute atomic E-state index is 14.5. The number of halogens is 3. The molecule has 2 aliphatic carbocycles. The molecule has 0 bridgehead atoms. The van der Waals surface area contributed by atoms with Crippen LogP contribution in [0.2, 0.25) is 10.0 Å². The fraction of sp³-hybridized carbons (Fsp3) is 0.414. The molecule has 10 heteroatoms. The smallest absolute Gasteiger partial charge is 0.151 e. The largest absolute Gasteiger partial charge is 0.383 e. The van der Waals surface area contributed by atoms with Crippen LogP contribution in [0.15, 0.2) is 34.9 Å². The van der Waals surface area contributed by atoms with Gasteiger partial charge in [0.15, 0.2) is 5.82 Å². The van der Waals surface area contributed by atoms with Gasteiger partial charge in [0.05, 0.1) is 39.1 Å². The number of ether oxygens (including phenoxy) is 1. The third-order valence-corrected chi connectivity index (χ3v) is 9.64. The topological polar surface area (TPSA) is 92.2 Å². The fourth-order valence-corrected chi connectivity index (χ4v) is 7.40. The Morgan fingerprint density at radius 3 is 2.64 bits per heavy atom. The molecule has 2 atom stereocenters. The number of nitrogens with zero attached hydrogens (tertiary/aromatic N) is 3. The zero-order chi connectivity index (χ0) is 27.5. The predicted octanol–water partition coefficient (Wildman–Crippen LogP) is 8.13. The van der Waals surface area contributed by atoms with E-state index in [2.05, 4.69) is 24.0 Å². The van der Waals surface area contributed by atoms with Gasteiger partial charge < -0.3 is 14.4 Å². The van der Waals surface area contributed by atoms with E-state index in [1.165, 1.54) is 17.4 Å². The second-order valence-electron chi connectivity index (χ2n) is 11.2. The normalized spacial score (nSPS) is 22.7. The number of hydrogen-bond acceptors (Lipinski definition) is 7. The number of rotatable bonds is 6. The van der Waals surface area contributed by atoms with Crippen LogP contribution in [0, 0.1) is 22.6 Å². The maximum Gasteiger partial charge on any atom is 0.151 e. The van der Waals surface area contributed by atoms with Crippen LogP contribution in [-0.4, -0.2) is 21.4 Å². The molecule has 2 aromatic carbocycles. The van der Waals surface area contributed by atoms with Crippen LogP contribution < -0.4 is 0 Å². The number of thiazole rings is 1. The van der Waals surface area contributed by atoms with Crippen LogP contribution >= 0.6 is 34.5 Å². The SMILES string of the molecule is CC1(C)C[C@](O)(c2nc3c(F)cc(C#N)cc3s2)CC[C@H]1OCc1c(-c2c(Cl)cccc2Cl)noc1C1CC1. The number of hydrogen-bond donors (Lipinski definition) is 1. The summed E-state index contributed by atoms with van der Waals surface area (Å²) < 4.78 is 27.4. The van der Waals surface area contributed by atoms with E-state index in [9.17, 15) is 14.8 Å². The lowest BCUT2D eigenvalue weighted by Gasteiger charge is -2.45. The van der Waals surface area contributed by atoms with Gasteiger partial charge >= 0.3 is 0 Å². The van der Waals surface area contributed by atoms with E-state index in [-0.39, 0.29) is 23.8 Å². The third kappa shape index (κ3) is 4.85. The Balaban J connectivity index is 1.24. The van der Waals surface area contributed by atoms with Crippen molar-refractivity contribution >= 4 is 44.8 Å². The average molecular weight is 587 g/mol. The molecule has 0 amide bonds. The van der Waals surface area contributed by atoms with Gasteiger partial charge in [-0.05, 0) is 61.8 Å². The van der Waals surface area contributed by atoms with Crippen molar-refractivity contribution in [3.8, 4) is 17.3 Å². The number of aromatic nitrogens is 2. The third-order valence-electron chi connectivity index (χ3n) is 7.81. The van der Waals surface area contributed by atoms with Crippen molar-refractivity contribution in [2.75, 3.05) is 0 Å². The van der Waals surface area contributed by atoms with E-state index in [1.807, 2.05) is 6.07 Å². The zero-order valence-corrected chi connectivity index (χ0v) is 23.8. The van der Waals surface area contributed by atoms with Crippen LogP contribution in [0.1, 0.15) is 73.8 Å². The van der Waals surface area contributed by atoms with Crippen molar-refractivity contribution in [1.29, 1.82) is 5.26 Å². The molecule has 39 heavy (non-hydrogen) atoms. The minimum absolute atomic E-state index is 0.161. The van der Waals surface area contributed by atoms with Gasteiger partial charge in [0.2, 0.25) is 0 Å². The highest BCUT2D eigenvalue weighted by molar-refractivity contribution is 7.18. The lowest BCUT2D eigenvalue weighted by atomic mass is 9.68. The van der Waals surface area contributed by atoms with Crippen LogP contribution in [0.4, 0.5) is 4.39 Å². The summed E-state index contributed by atoms with van der Waals surface area (Å²) in [6, 6.07) is 10.1. The molecule has 0 saturated heterocycles. The molecule has 202 valence electrons. The predicted molar refractivity (Wildman–Crippen MR) is 148 cm³/mol. The molecule has 6 nitrogen and oxygen atoms in total. The summed E-state index contributed by atoms with van der Waals surface area (Å²) >= 11 is 14.2. The first-order chi connectivity index (χ1) is 18.6. The highest BCUT2D eigenvalue weighted by atomic mass is 35.5. The first-order valence-corrected chi connectivity index (χ1v) is 14.4. The molecule has 0 unspecified atom stereocenters. The highest BCUT2D eigenvalue weighted by Crippen LogP contribution is 2.50. The van der Waals surface area contributed by atoms with Crippen LogP contribution in [0.5, 0.6) is 0 Å². The minimum atomic E-state index is -1.22. The summed E-state index contributed by atoms with van der Waals surface area (Å²) in [7, 11) is 0. The van der Waals surface area contributed by atoms with E-state index in [0.29, 0.717) is 56.2 Å². The number of benzene rings is 2. The van der Waals surface area contributed by atoms with Crippen molar-refractivity contribution in [2.45, 2.75) is 70.2 Å². The Kier molecular flexibility index (Phi) is 6.72. The summed E-state index contributed by atoms with van der Waals surface area (Å²) in [4.78, 5) is 4.46. The summed E-state index contributed by atoms with van der Waals surface area (Å²) in [6.45, 7) is 4.40. The van der Waals surface area contributed by atoms with Crippen molar-refractivity contribution in [3.63, 3.8) is 0 Å². The van der Waals surface area contributed by atoms with E-state index < -0.39 is 16.8 Å². The van der Waals surface area contributed by atoms with Crippen molar-refractivity contribution in [3.05, 3.63) is 68.1 Å². The van der Waals surface area contributed by atoms with E-state index >= 15 is 0 Å². The molecule has 2 aliphatic rings. The number of nitriles is 1. The quantitative estimate of drug-likeness (QED) is 0.245. The molecular formula is C29H26Cl2FN3O3S. The lowest BCUT2D eigenvalue weighted by molar-refractivity contribution is -0.130. The number of fused-ring (bicyclic) bond motifs is 1. The van der Waals surface area contributed by atoms with Gasteiger partial charge in [-0.3, -0.25) is 0 Å². The molecule has 2 heterocycles. The highest BCUT2D eigenvalue weighted by Gasteiger charge is 2.48. The van der Waals surface area contributed by atoms with Crippen molar-refractivity contribution in [2.24, 2.45) is 5.41 Å². The summed E-state index contributed by atoms with van der Waals surface area (Å²) in [5.74, 6) is 0.581. The Labute approximate surface area is 239 Å². The standard InChI is InChI=1S/C29H26Cl2FN3O3S/c1-28(2)14-29(36,27-34-25-20(32)10-15(12-33)11-21(25)39-27)9-8-22(28)37-13-17-24(35-38-26(17)16-6-7-16)23-18(30)4-3-5-19(23)31/h3-5,10-11,16,22,36H,6-9,13-14H2,1-2H3/t22-,29+/m1/s1. The molecular weight excluding hydrogens is 560 g/mol. The first-order valence-electron chi connectivity index (χ1n) is 12.9. The molecule has 0 radical (unpaired) electrons. The molecule has 2 aromatic heterocycles. The Morgan fingerprint density at radius 1 is 1.23 bits per heavy atom. The van der Waals surface area contributed by atoms with Gasteiger partial charge in [-0.1, -0.05) is 48.3 Å². The number of aliphatic hydroxyl groups is 1. The minimum Gasteiger partial charge on any atom is -0.383 e. The molecule has 0 aliphatic heterocycles. The van der Waals surface area contributed by atoms with Crippen molar-refractivity contribution in [1.82, 2.24) is 10.1 Å².